The van der Waals surface area contributed by atoms with Crippen molar-refractivity contribution in [2.75, 3.05) is 13.1 Å². The molecule has 2 saturated heterocycles. The molecule has 2 fully saturated rings. The third-order valence-electron chi connectivity index (χ3n) is 4.24. The first kappa shape index (κ1) is 17.8. The normalized spacial score (nSPS) is 28.2. The van der Waals surface area contributed by atoms with Crippen LogP contribution in [0.1, 0.15) is 19.3 Å². The van der Waals surface area contributed by atoms with Crippen LogP contribution >= 0.6 is 0 Å². The van der Waals surface area contributed by atoms with Crippen LogP contribution in [-0.4, -0.2) is 59.5 Å². The summed E-state index contributed by atoms with van der Waals surface area (Å²) in [4.78, 5) is 23.2. The third-order valence-corrected chi connectivity index (χ3v) is 4.24. The van der Waals surface area contributed by atoms with E-state index >= 15 is 0 Å². The standard InChI is InChI=1S/C12H13F6NO4/c13-11(14,15)10(12(16,17)18)3-4-19(5-10)8(20)6-1-2-7(23-6)9(21)22/h6-7H,1-5H2,(H,21,22)/t6-,7+/m0/s1. The topological polar surface area (TPSA) is 66.8 Å². The summed E-state index contributed by atoms with van der Waals surface area (Å²) in [5.41, 5.74) is -3.96. The number of carboxylic acids is 1. The Morgan fingerprint density at radius 1 is 1.04 bits per heavy atom. The summed E-state index contributed by atoms with van der Waals surface area (Å²) < 4.78 is 82.4. The fourth-order valence-electron chi connectivity index (χ4n) is 2.83. The van der Waals surface area contributed by atoms with Gasteiger partial charge in [-0.05, 0) is 19.3 Å². The van der Waals surface area contributed by atoms with Crippen LogP contribution in [0.2, 0.25) is 0 Å². The van der Waals surface area contributed by atoms with Crippen molar-refractivity contribution in [3.05, 3.63) is 0 Å². The molecular weight excluding hydrogens is 336 g/mol. The van der Waals surface area contributed by atoms with Gasteiger partial charge in [-0.25, -0.2) is 4.79 Å². The maximum absolute atomic E-state index is 12.9. The number of carboxylic acid groups (broad SMARTS) is 1. The Balaban J connectivity index is 2.13. The molecule has 2 heterocycles. The summed E-state index contributed by atoms with van der Waals surface area (Å²) in [5, 5.41) is 8.73. The molecular formula is C12H13F6NO4. The molecule has 0 radical (unpaired) electrons. The van der Waals surface area contributed by atoms with Gasteiger partial charge in [-0.3, -0.25) is 4.79 Å². The lowest BCUT2D eigenvalue weighted by atomic mass is 9.85. The molecule has 0 bridgehead atoms. The van der Waals surface area contributed by atoms with Crippen molar-refractivity contribution in [3.8, 4) is 0 Å². The van der Waals surface area contributed by atoms with Gasteiger partial charge in [0.25, 0.3) is 5.91 Å². The molecule has 2 atom stereocenters. The van der Waals surface area contributed by atoms with E-state index in [1.165, 1.54) is 0 Å². The predicted molar refractivity (Wildman–Crippen MR) is 61.3 cm³/mol. The highest BCUT2D eigenvalue weighted by Crippen LogP contribution is 2.55. The minimum atomic E-state index is -5.54. The first-order valence-electron chi connectivity index (χ1n) is 6.69. The molecule has 132 valence electrons. The first-order valence-corrected chi connectivity index (χ1v) is 6.69. The van der Waals surface area contributed by atoms with Crippen molar-refractivity contribution in [2.24, 2.45) is 5.41 Å². The summed E-state index contributed by atoms with van der Waals surface area (Å²) in [5.74, 6) is -2.37. The molecule has 11 heteroatoms. The molecule has 0 unspecified atom stereocenters. The fraction of sp³-hybridized carbons (Fsp3) is 0.833. The smallest absolute Gasteiger partial charge is 0.404 e. The number of amides is 1. The number of hydrogen-bond acceptors (Lipinski definition) is 3. The van der Waals surface area contributed by atoms with Crippen molar-refractivity contribution in [1.82, 2.24) is 4.90 Å². The highest BCUT2D eigenvalue weighted by atomic mass is 19.4. The lowest BCUT2D eigenvalue weighted by Crippen LogP contribution is -2.52. The second-order valence-corrected chi connectivity index (χ2v) is 5.62. The van der Waals surface area contributed by atoms with Crippen LogP contribution in [0.15, 0.2) is 0 Å². The SMILES string of the molecule is O=C(O)[C@H]1CC[C@@H](C(=O)N2CCC(C(F)(F)F)(C(F)(F)F)C2)O1. The van der Waals surface area contributed by atoms with Crippen LogP contribution in [0.25, 0.3) is 0 Å². The average molecular weight is 349 g/mol. The second kappa shape index (κ2) is 5.53. The molecule has 0 aromatic rings. The van der Waals surface area contributed by atoms with E-state index in [1.807, 2.05) is 0 Å². The number of ether oxygens (including phenoxy) is 1. The molecule has 0 spiro atoms. The van der Waals surface area contributed by atoms with E-state index in [2.05, 4.69) is 0 Å². The maximum Gasteiger partial charge on any atom is 0.404 e. The summed E-state index contributed by atoms with van der Waals surface area (Å²) in [7, 11) is 0. The molecule has 2 aliphatic heterocycles. The molecule has 0 aromatic carbocycles. The van der Waals surface area contributed by atoms with Crippen molar-refractivity contribution < 1.29 is 45.8 Å². The molecule has 23 heavy (non-hydrogen) atoms. The number of carbonyl (C=O) groups excluding carboxylic acids is 1. The minimum Gasteiger partial charge on any atom is -0.479 e. The third kappa shape index (κ3) is 2.98. The second-order valence-electron chi connectivity index (χ2n) is 5.62. The minimum absolute atomic E-state index is 0.0245. The van der Waals surface area contributed by atoms with Crippen LogP contribution in [0.4, 0.5) is 26.3 Å². The number of alkyl halides is 6. The van der Waals surface area contributed by atoms with Gasteiger partial charge in [-0.1, -0.05) is 0 Å². The maximum atomic E-state index is 12.9. The number of nitrogens with zero attached hydrogens (tertiary/aromatic N) is 1. The Hall–Kier alpha value is -1.52. The van der Waals surface area contributed by atoms with Crippen molar-refractivity contribution in [2.45, 2.75) is 43.8 Å². The van der Waals surface area contributed by atoms with E-state index in [1.54, 1.807) is 0 Å². The number of rotatable bonds is 2. The zero-order valence-electron chi connectivity index (χ0n) is 11.6. The Morgan fingerprint density at radius 2 is 1.57 bits per heavy atom. The summed E-state index contributed by atoms with van der Waals surface area (Å²) >= 11 is 0. The van der Waals surface area contributed by atoms with E-state index in [0.717, 1.165) is 0 Å². The zero-order valence-corrected chi connectivity index (χ0v) is 11.6. The Kier molecular flexibility index (Phi) is 4.29. The van der Waals surface area contributed by atoms with Crippen LogP contribution in [0.5, 0.6) is 0 Å². The van der Waals surface area contributed by atoms with Gasteiger partial charge in [0, 0.05) is 13.1 Å². The molecule has 2 aliphatic rings. The van der Waals surface area contributed by atoms with Gasteiger partial charge in [-0.2, -0.15) is 26.3 Å². The number of halogens is 6. The van der Waals surface area contributed by atoms with Gasteiger partial charge in [0.2, 0.25) is 0 Å². The van der Waals surface area contributed by atoms with Gasteiger partial charge in [0.1, 0.15) is 6.10 Å². The van der Waals surface area contributed by atoms with Gasteiger partial charge >= 0.3 is 18.3 Å². The summed E-state index contributed by atoms with van der Waals surface area (Å²) in [6.45, 7) is -2.24. The molecule has 2 rings (SSSR count). The Bertz CT molecular complexity index is 489. The van der Waals surface area contributed by atoms with Crippen molar-refractivity contribution in [1.29, 1.82) is 0 Å². The van der Waals surface area contributed by atoms with Crippen molar-refractivity contribution in [3.63, 3.8) is 0 Å². The number of hydrogen-bond donors (Lipinski definition) is 1. The average Bonchev–Trinajstić information content (AvgIpc) is 3.04. The molecule has 1 amide bonds. The summed E-state index contributed by atoms with van der Waals surface area (Å²) in [6, 6.07) is 0. The predicted octanol–water partition coefficient (Wildman–Crippen LogP) is 1.96. The Labute approximate surface area is 126 Å². The quantitative estimate of drug-likeness (QED) is 0.774. The van der Waals surface area contributed by atoms with Crippen LogP contribution in [-0.2, 0) is 14.3 Å². The van der Waals surface area contributed by atoms with Gasteiger partial charge in [-0.15, -0.1) is 0 Å². The first-order chi connectivity index (χ1) is 10.4. The number of likely N-dealkylation sites (tertiary alicyclic amines) is 1. The van der Waals surface area contributed by atoms with E-state index in [-0.39, 0.29) is 12.8 Å². The molecule has 0 aliphatic carbocycles. The van der Waals surface area contributed by atoms with E-state index < -0.39 is 61.4 Å². The molecule has 0 aromatic heterocycles. The number of carbonyl (C=O) groups is 2. The van der Waals surface area contributed by atoms with Crippen LogP contribution in [0.3, 0.4) is 0 Å². The fourth-order valence-corrected chi connectivity index (χ4v) is 2.83. The van der Waals surface area contributed by atoms with E-state index in [4.69, 9.17) is 9.84 Å². The van der Waals surface area contributed by atoms with Gasteiger partial charge in [0.05, 0.1) is 0 Å². The highest BCUT2D eigenvalue weighted by Gasteiger charge is 2.73. The molecule has 0 saturated carbocycles. The lowest BCUT2D eigenvalue weighted by molar-refractivity contribution is -0.335. The Morgan fingerprint density at radius 3 is 1.96 bits per heavy atom. The van der Waals surface area contributed by atoms with Gasteiger partial charge < -0.3 is 14.7 Å². The van der Waals surface area contributed by atoms with Crippen molar-refractivity contribution >= 4 is 11.9 Å². The molecule has 5 nitrogen and oxygen atoms in total. The van der Waals surface area contributed by atoms with E-state index in [9.17, 15) is 35.9 Å². The molecule has 1 N–H and O–H groups in total. The highest BCUT2D eigenvalue weighted by molar-refractivity contribution is 5.83. The zero-order chi connectivity index (χ0) is 17.6. The van der Waals surface area contributed by atoms with Crippen LogP contribution in [0, 0.1) is 5.41 Å². The monoisotopic (exact) mass is 349 g/mol. The number of aliphatic carboxylic acids is 1. The van der Waals surface area contributed by atoms with E-state index in [0.29, 0.717) is 4.90 Å². The van der Waals surface area contributed by atoms with Gasteiger partial charge in [0.15, 0.2) is 11.5 Å². The largest absolute Gasteiger partial charge is 0.479 e. The van der Waals surface area contributed by atoms with Crippen LogP contribution < -0.4 is 0 Å². The lowest BCUT2D eigenvalue weighted by Gasteiger charge is -2.33. The summed E-state index contributed by atoms with van der Waals surface area (Å²) in [6.07, 6.45) is -15.0.